The molecule has 56 heavy (non-hydrogen) atoms. The summed E-state index contributed by atoms with van der Waals surface area (Å²) in [5.41, 5.74) is 11.6. The molecule has 270 valence electrons. The Labute approximate surface area is 329 Å². The monoisotopic (exact) mass is 723 g/mol. The molecule has 5 aromatic carbocycles. The van der Waals surface area contributed by atoms with Crippen LogP contribution in [0.3, 0.4) is 0 Å². The van der Waals surface area contributed by atoms with Crippen LogP contribution < -0.4 is 0 Å². The molecule has 1 aliphatic rings. The van der Waals surface area contributed by atoms with Crippen LogP contribution in [0.15, 0.2) is 180 Å². The normalized spacial score (nSPS) is 13.2. The van der Waals surface area contributed by atoms with E-state index in [9.17, 15) is 10.5 Å². The fourth-order valence-corrected chi connectivity index (χ4v) is 6.99. The zero-order chi connectivity index (χ0) is 39.1. The minimum Gasteiger partial charge on any atom is -0.247 e. The largest absolute Gasteiger partial charge is 0.247 e. The second-order valence-electron chi connectivity index (χ2n) is 14.3. The van der Waals surface area contributed by atoms with Crippen molar-refractivity contribution in [3.8, 4) is 46.0 Å². The van der Waals surface area contributed by atoms with E-state index in [0.717, 1.165) is 62.9 Å². The van der Waals surface area contributed by atoms with Gasteiger partial charge in [0.05, 0.1) is 28.4 Å². The molecule has 7 rings (SSSR count). The van der Waals surface area contributed by atoms with Crippen molar-refractivity contribution in [3.63, 3.8) is 0 Å². The highest BCUT2D eigenvalue weighted by atomic mass is 14.9. The Balaban J connectivity index is 1.19. The van der Waals surface area contributed by atoms with Crippen molar-refractivity contribution >= 4 is 17.0 Å². The number of hydrogen-bond acceptors (Lipinski definition) is 5. The third kappa shape index (κ3) is 7.71. The molecular weight excluding hydrogens is 683 g/mol. The van der Waals surface area contributed by atoms with Crippen LogP contribution in [0.25, 0.3) is 45.2 Å². The van der Waals surface area contributed by atoms with E-state index in [-0.39, 0.29) is 5.41 Å². The Hall–Kier alpha value is -7.21. The zero-order valence-corrected chi connectivity index (χ0v) is 31.9. The highest BCUT2D eigenvalue weighted by Gasteiger charge is 2.25. The van der Waals surface area contributed by atoms with E-state index in [1.54, 1.807) is 0 Å². The van der Waals surface area contributed by atoms with Gasteiger partial charge in [0.2, 0.25) is 0 Å². The lowest BCUT2D eigenvalue weighted by Gasteiger charge is -2.26. The Kier molecular flexibility index (Phi) is 10.9. The highest BCUT2D eigenvalue weighted by Crippen LogP contribution is 2.36. The number of benzene rings is 5. The number of aromatic nitrogens is 2. The summed E-state index contributed by atoms with van der Waals surface area (Å²) in [6.07, 6.45) is 8.20. The first-order valence-corrected chi connectivity index (χ1v) is 18.7. The lowest BCUT2D eigenvalue weighted by molar-refractivity contribution is 0.641. The van der Waals surface area contributed by atoms with Crippen LogP contribution in [0.2, 0.25) is 0 Å². The van der Waals surface area contributed by atoms with Crippen LogP contribution in [-0.4, -0.2) is 15.7 Å². The summed E-state index contributed by atoms with van der Waals surface area (Å²) >= 11 is 0. The molecule has 0 bridgehead atoms. The van der Waals surface area contributed by atoms with Crippen molar-refractivity contribution < 1.29 is 0 Å². The quantitative estimate of drug-likeness (QED) is 0.104. The maximum Gasteiger partial charge on any atom is 0.160 e. The van der Waals surface area contributed by atoms with E-state index in [1.807, 2.05) is 97.9 Å². The molecule has 0 amide bonds. The van der Waals surface area contributed by atoms with E-state index in [1.165, 1.54) is 0 Å². The average molecular weight is 724 g/mol. The van der Waals surface area contributed by atoms with Crippen LogP contribution in [0, 0.1) is 22.7 Å². The number of nitrogens with zero attached hydrogens (tertiary/aromatic N) is 5. The number of aliphatic imine (C=N–C) groups is 1. The first kappa shape index (κ1) is 37.1. The van der Waals surface area contributed by atoms with Crippen molar-refractivity contribution in [2.75, 3.05) is 0 Å². The molecule has 0 unspecified atom stereocenters. The number of nitriles is 2. The molecule has 0 saturated carbocycles. The summed E-state index contributed by atoms with van der Waals surface area (Å²) < 4.78 is 0. The summed E-state index contributed by atoms with van der Waals surface area (Å²) in [5, 5.41) is 20.7. The molecule has 1 aliphatic carbocycles. The lowest BCUT2D eigenvalue weighted by Crippen LogP contribution is -2.18. The van der Waals surface area contributed by atoms with Crippen LogP contribution in [0.5, 0.6) is 0 Å². The summed E-state index contributed by atoms with van der Waals surface area (Å²) in [7, 11) is 0. The predicted molar refractivity (Wildman–Crippen MR) is 229 cm³/mol. The fourth-order valence-electron chi connectivity index (χ4n) is 6.99. The SMILES string of the molecule is C=C(N=C(C1=CCCC=C1)/C(C#N)=C(\C)c1ccccc1)c1ccc(C(C)(C)c2ccc(-c3nc(-c4ccccc4)c(C#N)c(-c4ccccc4)n3)cc2)cc1. The second-order valence-corrected chi connectivity index (χ2v) is 14.3. The molecule has 0 aliphatic heterocycles. The molecule has 0 N–H and O–H groups in total. The lowest BCUT2D eigenvalue weighted by atomic mass is 9.77. The van der Waals surface area contributed by atoms with Crippen LogP contribution >= 0.6 is 0 Å². The van der Waals surface area contributed by atoms with Gasteiger partial charge in [0.1, 0.15) is 17.7 Å². The van der Waals surface area contributed by atoms with Gasteiger partial charge in [-0.25, -0.2) is 15.0 Å². The molecular formula is C51H41N5. The molecule has 6 aromatic rings. The molecule has 1 aromatic heterocycles. The van der Waals surface area contributed by atoms with Crippen molar-refractivity contribution in [2.24, 2.45) is 4.99 Å². The summed E-state index contributed by atoms with van der Waals surface area (Å²) in [6.45, 7) is 10.8. The van der Waals surface area contributed by atoms with Gasteiger partial charge in [-0.3, -0.25) is 0 Å². The van der Waals surface area contributed by atoms with Crippen LogP contribution in [-0.2, 0) is 5.41 Å². The van der Waals surface area contributed by atoms with Gasteiger partial charge in [-0.2, -0.15) is 10.5 Å². The Morgan fingerprint density at radius 1 is 0.661 bits per heavy atom. The third-order valence-corrected chi connectivity index (χ3v) is 10.4. The van der Waals surface area contributed by atoms with Crippen molar-refractivity contribution in [3.05, 3.63) is 203 Å². The molecule has 5 heteroatoms. The van der Waals surface area contributed by atoms with Gasteiger partial charge in [-0.05, 0) is 53.2 Å². The van der Waals surface area contributed by atoms with Gasteiger partial charge in [0.25, 0.3) is 0 Å². The predicted octanol–water partition coefficient (Wildman–Crippen LogP) is 12.4. The maximum atomic E-state index is 10.4. The summed E-state index contributed by atoms with van der Waals surface area (Å²) in [6, 6.07) is 51.1. The van der Waals surface area contributed by atoms with Gasteiger partial charge in [0.15, 0.2) is 5.82 Å². The van der Waals surface area contributed by atoms with E-state index in [0.29, 0.717) is 39.8 Å². The highest BCUT2D eigenvalue weighted by molar-refractivity contribution is 6.21. The van der Waals surface area contributed by atoms with Gasteiger partial charge >= 0.3 is 0 Å². The molecule has 0 fully saturated rings. The minimum absolute atomic E-state index is 0.329. The third-order valence-electron chi connectivity index (χ3n) is 10.4. The van der Waals surface area contributed by atoms with Gasteiger partial charge in [0, 0.05) is 22.1 Å². The Morgan fingerprint density at radius 2 is 1.20 bits per heavy atom. The standard InChI is InChI=1S/C51H41N5/c1-35(37-17-9-5-10-18-37)45(33-52)47(39-19-11-6-12-20-39)54-36(2)38-25-29-43(30-26-38)51(3,4)44-31-27-42(28-32-44)50-55-48(40-21-13-7-14-22-40)46(34-53)49(56-50)41-23-15-8-16-24-41/h5,7-11,13-32H,2,6,12H2,1,3-4H3/b45-35+,54-47?. The van der Waals surface area contributed by atoms with Gasteiger partial charge in [-0.1, -0.05) is 178 Å². The molecule has 5 nitrogen and oxygen atoms in total. The average Bonchev–Trinajstić information content (AvgIpc) is 3.27. The van der Waals surface area contributed by atoms with Gasteiger partial charge in [-0.15, -0.1) is 0 Å². The topological polar surface area (TPSA) is 85.7 Å². The molecule has 0 spiro atoms. The second kappa shape index (κ2) is 16.4. The van der Waals surface area contributed by atoms with Crippen molar-refractivity contribution in [1.82, 2.24) is 9.97 Å². The number of rotatable bonds is 10. The van der Waals surface area contributed by atoms with E-state index in [2.05, 4.69) is 99.3 Å². The molecule has 0 saturated heterocycles. The van der Waals surface area contributed by atoms with E-state index in [4.69, 9.17) is 15.0 Å². The molecule has 0 atom stereocenters. The first-order valence-electron chi connectivity index (χ1n) is 18.7. The minimum atomic E-state index is -0.329. The molecule has 1 heterocycles. The summed E-state index contributed by atoms with van der Waals surface area (Å²) in [4.78, 5) is 14.9. The summed E-state index contributed by atoms with van der Waals surface area (Å²) in [5.74, 6) is 0.557. The fraction of sp³-hybridized carbons (Fsp3) is 0.118. The number of allylic oxidation sites excluding steroid dienone is 6. The first-order chi connectivity index (χ1) is 27.3. The Morgan fingerprint density at radius 3 is 1.70 bits per heavy atom. The van der Waals surface area contributed by atoms with Crippen LogP contribution in [0.1, 0.15) is 61.4 Å². The molecule has 0 radical (unpaired) electrons. The van der Waals surface area contributed by atoms with Crippen molar-refractivity contribution in [2.45, 2.75) is 39.0 Å². The van der Waals surface area contributed by atoms with Crippen molar-refractivity contribution in [1.29, 1.82) is 10.5 Å². The Bertz CT molecular complexity index is 2540. The smallest absolute Gasteiger partial charge is 0.160 e. The zero-order valence-electron chi connectivity index (χ0n) is 31.9. The van der Waals surface area contributed by atoms with Gasteiger partial charge < -0.3 is 0 Å². The van der Waals surface area contributed by atoms with E-state index < -0.39 is 0 Å². The van der Waals surface area contributed by atoms with E-state index >= 15 is 0 Å². The number of hydrogen-bond donors (Lipinski definition) is 0. The maximum absolute atomic E-state index is 10.4. The van der Waals surface area contributed by atoms with Crippen LogP contribution in [0.4, 0.5) is 0 Å².